The fraction of sp³-hybridized carbons (Fsp3) is 0.625. The molecule has 0 N–H and O–H groups in total. The molecule has 2 heterocycles. The van der Waals surface area contributed by atoms with Crippen LogP contribution < -0.4 is 0 Å². The van der Waals surface area contributed by atoms with Crippen LogP contribution in [0.15, 0.2) is 18.3 Å². The summed E-state index contributed by atoms with van der Waals surface area (Å²) in [6, 6.07) is 0. The summed E-state index contributed by atoms with van der Waals surface area (Å²) in [5.41, 5.74) is 3.05. The van der Waals surface area contributed by atoms with Crippen LogP contribution in [0.2, 0.25) is 0 Å². The largest absolute Gasteiger partial charge is 0.299 e. The van der Waals surface area contributed by atoms with Crippen molar-refractivity contribution in [3.8, 4) is 0 Å². The molecule has 1 aromatic heterocycles. The Balaban J connectivity index is 1.87. The summed E-state index contributed by atoms with van der Waals surface area (Å²) in [7, 11) is 0. The van der Waals surface area contributed by atoms with E-state index in [1.165, 1.54) is 43.6 Å². The Bertz CT molecular complexity index is 491. The van der Waals surface area contributed by atoms with Crippen LogP contribution in [-0.4, -0.2) is 34.5 Å². The third-order valence-electron chi connectivity index (χ3n) is 4.62. The molecule has 0 saturated carbocycles. The molecule has 1 spiro atoms. The van der Waals surface area contributed by atoms with Gasteiger partial charge in [-0.1, -0.05) is 12.2 Å². The third-order valence-corrected chi connectivity index (χ3v) is 4.62. The maximum Gasteiger partial charge on any atom is 0.125 e. The molecular formula is C16H23N3. The van der Waals surface area contributed by atoms with Gasteiger partial charge in [-0.3, -0.25) is 4.90 Å². The molecular weight excluding hydrogens is 234 g/mol. The summed E-state index contributed by atoms with van der Waals surface area (Å²) < 4.78 is 0. The predicted octanol–water partition coefficient (Wildman–Crippen LogP) is 2.64. The van der Waals surface area contributed by atoms with Gasteiger partial charge in [0, 0.05) is 24.7 Å². The maximum absolute atomic E-state index is 4.79. The Labute approximate surface area is 115 Å². The zero-order valence-electron chi connectivity index (χ0n) is 12.0. The molecule has 19 heavy (non-hydrogen) atoms. The van der Waals surface area contributed by atoms with Gasteiger partial charge in [-0.25, -0.2) is 9.97 Å². The quantitative estimate of drug-likeness (QED) is 0.763. The van der Waals surface area contributed by atoms with E-state index in [1.807, 2.05) is 6.92 Å². The van der Waals surface area contributed by atoms with Crippen LogP contribution in [0.5, 0.6) is 0 Å². The molecule has 102 valence electrons. The molecule has 1 aliphatic carbocycles. The molecule has 0 aromatic carbocycles. The number of aromatic nitrogens is 2. The second-order valence-electron chi connectivity index (χ2n) is 5.98. The van der Waals surface area contributed by atoms with Crippen LogP contribution in [0.25, 0.3) is 0 Å². The van der Waals surface area contributed by atoms with Gasteiger partial charge in [0.1, 0.15) is 5.82 Å². The molecule has 3 heteroatoms. The fourth-order valence-electron chi connectivity index (χ4n) is 3.66. The van der Waals surface area contributed by atoms with Crippen LogP contribution >= 0.6 is 0 Å². The Morgan fingerprint density at radius 3 is 3.16 bits per heavy atom. The van der Waals surface area contributed by atoms with E-state index < -0.39 is 0 Å². The van der Waals surface area contributed by atoms with Crippen LogP contribution in [0, 0.1) is 6.92 Å². The Kier molecular flexibility index (Phi) is 3.40. The van der Waals surface area contributed by atoms with Crippen molar-refractivity contribution < 1.29 is 0 Å². The van der Waals surface area contributed by atoms with Crippen molar-refractivity contribution in [3.63, 3.8) is 0 Å². The van der Waals surface area contributed by atoms with Crippen molar-refractivity contribution in [2.24, 2.45) is 0 Å². The van der Waals surface area contributed by atoms with Crippen LogP contribution in [-0.2, 0) is 11.8 Å². The van der Waals surface area contributed by atoms with Crippen molar-refractivity contribution in [2.75, 3.05) is 19.6 Å². The number of hydrogen-bond acceptors (Lipinski definition) is 3. The van der Waals surface area contributed by atoms with E-state index in [9.17, 15) is 0 Å². The molecule has 2 aliphatic rings. The van der Waals surface area contributed by atoms with Gasteiger partial charge in [-0.2, -0.15) is 0 Å². The average molecular weight is 257 g/mol. The lowest BCUT2D eigenvalue weighted by atomic mass is 9.77. The maximum atomic E-state index is 4.79. The van der Waals surface area contributed by atoms with Crippen LogP contribution in [0.3, 0.4) is 0 Å². The van der Waals surface area contributed by atoms with Gasteiger partial charge in [0.05, 0.1) is 5.69 Å². The van der Waals surface area contributed by atoms with E-state index in [4.69, 9.17) is 4.98 Å². The lowest BCUT2D eigenvalue weighted by Gasteiger charge is -2.40. The fourth-order valence-corrected chi connectivity index (χ4v) is 3.66. The molecule has 1 fully saturated rings. The van der Waals surface area contributed by atoms with E-state index in [2.05, 4.69) is 35.2 Å². The number of aryl methyl sites for hydroxylation is 2. The molecule has 1 unspecified atom stereocenters. The number of hydrogen-bond donors (Lipinski definition) is 0. The smallest absolute Gasteiger partial charge is 0.125 e. The number of fused-ring (bicyclic) bond motifs is 2. The van der Waals surface area contributed by atoms with Gasteiger partial charge < -0.3 is 0 Å². The van der Waals surface area contributed by atoms with E-state index in [0.717, 1.165) is 18.8 Å². The normalized spacial score (nSPS) is 27.3. The predicted molar refractivity (Wildman–Crippen MR) is 77.3 cm³/mol. The first-order chi connectivity index (χ1) is 9.23. The molecule has 0 radical (unpaired) electrons. The lowest BCUT2D eigenvalue weighted by Crippen LogP contribution is -2.45. The number of likely N-dealkylation sites (tertiary alicyclic amines) is 1. The monoisotopic (exact) mass is 257 g/mol. The van der Waals surface area contributed by atoms with Crippen molar-refractivity contribution in [3.05, 3.63) is 35.4 Å². The van der Waals surface area contributed by atoms with Gasteiger partial charge in [0.15, 0.2) is 0 Å². The number of rotatable bonds is 2. The summed E-state index contributed by atoms with van der Waals surface area (Å²) in [6.45, 7) is 7.58. The first kappa shape index (κ1) is 12.8. The highest BCUT2D eigenvalue weighted by molar-refractivity contribution is 5.33. The van der Waals surface area contributed by atoms with Crippen molar-refractivity contribution in [1.29, 1.82) is 0 Å². The van der Waals surface area contributed by atoms with Gasteiger partial charge >= 0.3 is 0 Å². The Hall–Kier alpha value is -1.22. The second-order valence-corrected chi connectivity index (χ2v) is 5.98. The topological polar surface area (TPSA) is 29.0 Å². The average Bonchev–Trinajstić information content (AvgIpc) is 2.75. The SMILES string of the molecule is C/C=C/CN1CCCC2(CCc3cnc(C)nc32)C1. The number of allylic oxidation sites excluding steroid dienone is 1. The van der Waals surface area contributed by atoms with Crippen molar-refractivity contribution in [1.82, 2.24) is 14.9 Å². The highest BCUT2D eigenvalue weighted by Crippen LogP contribution is 2.43. The van der Waals surface area contributed by atoms with Gasteiger partial charge in [-0.05, 0) is 51.6 Å². The molecule has 0 amide bonds. The third kappa shape index (κ3) is 2.32. The van der Waals surface area contributed by atoms with Gasteiger partial charge in [0.2, 0.25) is 0 Å². The van der Waals surface area contributed by atoms with Gasteiger partial charge in [0.25, 0.3) is 0 Å². The molecule has 1 aromatic rings. The zero-order valence-corrected chi connectivity index (χ0v) is 12.0. The van der Waals surface area contributed by atoms with Crippen molar-refractivity contribution in [2.45, 2.75) is 44.9 Å². The van der Waals surface area contributed by atoms with Crippen LogP contribution in [0.1, 0.15) is 43.3 Å². The molecule has 1 saturated heterocycles. The summed E-state index contributed by atoms with van der Waals surface area (Å²) >= 11 is 0. The van der Waals surface area contributed by atoms with Crippen molar-refractivity contribution >= 4 is 0 Å². The van der Waals surface area contributed by atoms with Gasteiger partial charge in [-0.15, -0.1) is 0 Å². The molecule has 1 atom stereocenters. The lowest BCUT2D eigenvalue weighted by molar-refractivity contribution is 0.156. The summed E-state index contributed by atoms with van der Waals surface area (Å²) in [4.78, 5) is 11.7. The minimum absolute atomic E-state index is 0.308. The molecule has 0 bridgehead atoms. The van der Waals surface area contributed by atoms with Crippen LogP contribution in [0.4, 0.5) is 0 Å². The molecule has 3 rings (SSSR count). The summed E-state index contributed by atoms with van der Waals surface area (Å²) in [5.74, 6) is 0.922. The van der Waals surface area contributed by atoms with E-state index in [0.29, 0.717) is 5.41 Å². The first-order valence-corrected chi connectivity index (χ1v) is 7.40. The standard InChI is InChI=1S/C16H23N3/c1-3-4-9-19-10-5-7-16(12-19)8-6-14-11-17-13(2)18-15(14)16/h3-4,11H,5-10,12H2,1-2H3/b4-3+. The highest BCUT2D eigenvalue weighted by Gasteiger charge is 2.43. The minimum Gasteiger partial charge on any atom is -0.299 e. The number of piperidine rings is 1. The minimum atomic E-state index is 0.308. The second kappa shape index (κ2) is 5.04. The summed E-state index contributed by atoms with van der Waals surface area (Å²) in [5, 5.41) is 0. The summed E-state index contributed by atoms with van der Waals surface area (Å²) in [6.07, 6.45) is 11.5. The highest BCUT2D eigenvalue weighted by atomic mass is 15.1. The van der Waals surface area contributed by atoms with E-state index in [1.54, 1.807) is 0 Å². The van der Waals surface area contributed by atoms with E-state index >= 15 is 0 Å². The first-order valence-electron chi connectivity index (χ1n) is 7.40. The zero-order chi connectivity index (χ0) is 13.3. The molecule has 1 aliphatic heterocycles. The van der Waals surface area contributed by atoms with E-state index in [-0.39, 0.29) is 0 Å². The molecule has 3 nitrogen and oxygen atoms in total. The Morgan fingerprint density at radius 1 is 1.42 bits per heavy atom. The number of nitrogens with zero attached hydrogens (tertiary/aromatic N) is 3. The Morgan fingerprint density at radius 2 is 2.32 bits per heavy atom.